The van der Waals surface area contributed by atoms with Crippen LogP contribution in [0.2, 0.25) is 0 Å². The van der Waals surface area contributed by atoms with Crippen LogP contribution < -0.4 is 10.2 Å². The number of likely N-dealkylation sites (N-methyl/N-ethyl adjacent to an activating group) is 1. The van der Waals surface area contributed by atoms with Crippen LogP contribution in [0.25, 0.3) is 0 Å². The Kier molecular flexibility index (Phi) is 4.96. The highest BCUT2D eigenvalue weighted by Gasteiger charge is 2.17. The van der Waals surface area contributed by atoms with E-state index in [1.165, 1.54) is 5.56 Å². The van der Waals surface area contributed by atoms with Gasteiger partial charge in [0.2, 0.25) is 0 Å². The van der Waals surface area contributed by atoms with Crippen LogP contribution in [0.15, 0.2) is 0 Å². The number of nitrogens with one attached hydrogen (secondary N) is 1. The van der Waals surface area contributed by atoms with Gasteiger partial charge in [-0.1, -0.05) is 6.92 Å². The van der Waals surface area contributed by atoms with E-state index in [0.717, 1.165) is 24.6 Å². The predicted molar refractivity (Wildman–Crippen MR) is 70.3 cm³/mol. The molecule has 0 fully saturated rings. The predicted octanol–water partition coefficient (Wildman–Crippen LogP) is 0.655. The van der Waals surface area contributed by atoms with Crippen molar-refractivity contribution in [1.29, 1.82) is 0 Å². The van der Waals surface area contributed by atoms with Gasteiger partial charge in [0.05, 0.1) is 11.8 Å². The molecule has 0 aliphatic rings. The number of aliphatic hydroxyl groups is 1. The van der Waals surface area contributed by atoms with E-state index in [2.05, 4.69) is 22.2 Å². The van der Waals surface area contributed by atoms with Gasteiger partial charge in [-0.05, 0) is 20.4 Å². The van der Waals surface area contributed by atoms with E-state index in [0.29, 0.717) is 6.54 Å². The number of aliphatic hydroxyl groups excluding tert-OH is 1. The molecule has 1 aromatic rings. The van der Waals surface area contributed by atoms with Crippen LogP contribution >= 0.6 is 0 Å². The number of aromatic nitrogens is 2. The molecule has 5 nitrogen and oxygen atoms in total. The third-order valence-corrected chi connectivity index (χ3v) is 2.76. The van der Waals surface area contributed by atoms with Crippen molar-refractivity contribution in [3.63, 3.8) is 0 Å². The van der Waals surface area contributed by atoms with Crippen molar-refractivity contribution in [3.05, 3.63) is 11.3 Å². The first-order valence-corrected chi connectivity index (χ1v) is 6.09. The standard InChI is InChI=1S/C12H24N4O/c1-6-13-7-11-10(3)14-16(5)12(11)15(4)8-9(2)17/h9,13,17H,6-8H2,1-5H3. The monoisotopic (exact) mass is 240 g/mol. The van der Waals surface area contributed by atoms with Crippen LogP contribution in [0.4, 0.5) is 5.82 Å². The Bertz CT molecular complexity index is 360. The molecular weight excluding hydrogens is 216 g/mol. The summed E-state index contributed by atoms with van der Waals surface area (Å²) in [7, 11) is 3.93. The van der Waals surface area contributed by atoms with Gasteiger partial charge in [-0.25, -0.2) is 0 Å². The molecule has 0 saturated carbocycles. The summed E-state index contributed by atoms with van der Waals surface area (Å²) in [6.45, 7) is 8.27. The second-order valence-corrected chi connectivity index (χ2v) is 4.52. The molecule has 0 amide bonds. The maximum absolute atomic E-state index is 9.46. The zero-order chi connectivity index (χ0) is 13.0. The summed E-state index contributed by atoms with van der Waals surface area (Å²) in [6, 6.07) is 0. The van der Waals surface area contributed by atoms with Gasteiger partial charge in [0, 0.05) is 32.7 Å². The molecule has 5 heteroatoms. The Balaban J connectivity index is 2.95. The second kappa shape index (κ2) is 6.02. The summed E-state index contributed by atoms with van der Waals surface area (Å²) < 4.78 is 1.88. The first kappa shape index (κ1) is 14.0. The second-order valence-electron chi connectivity index (χ2n) is 4.52. The number of aryl methyl sites for hydroxylation is 2. The molecule has 1 rings (SSSR count). The maximum Gasteiger partial charge on any atom is 0.131 e. The first-order chi connectivity index (χ1) is 7.97. The fourth-order valence-corrected chi connectivity index (χ4v) is 2.11. The summed E-state index contributed by atoms with van der Waals surface area (Å²) in [5.41, 5.74) is 2.25. The molecule has 0 aliphatic heterocycles. The lowest BCUT2D eigenvalue weighted by molar-refractivity contribution is 0.201. The van der Waals surface area contributed by atoms with Crippen LogP contribution in [0.3, 0.4) is 0 Å². The third-order valence-electron chi connectivity index (χ3n) is 2.76. The summed E-state index contributed by atoms with van der Waals surface area (Å²) in [6.07, 6.45) is -0.345. The fourth-order valence-electron chi connectivity index (χ4n) is 2.11. The third kappa shape index (κ3) is 3.44. The van der Waals surface area contributed by atoms with Crippen molar-refractivity contribution in [2.75, 3.05) is 25.0 Å². The Hall–Kier alpha value is -1.07. The topological polar surface area (TPSA) is 53.3 Å². The maximum atomic E-state index is 9.46. The molecule has 1 heterocycles. The number of hydrogen-bond acceptors (Lipinski definition) is 4. The first-order valence-electron chi connectivity index (χ1n) is 6.09. The van der Waals surface area contributed by atoms with Crippen LogP contribution in [-0.2, 0) is 13.6 Å². The molecule has 0 saturated heterocycles. The molecule has 17 heavy (non-hydrogen) atoms. The summed E-state index contributed by atoms with van der Waals surface area (Å²) >= 11 is 0. The van der Waals surface area contributed by atoms with Gasteiger partial charge in [-0.2, -0.15) is 5.10 Å². The SMILES string of the molecule is CCNCc1c(C)nn(C)c1N(C)CC(C)O. The fraction of sp³-hybridized carbons (Fsp3) is 0.750. The van der Waals surface area contributed by atoms with Crippen molar-refractivity contribution >= 4 is 5.82 Å². The highest BCUT2D eigenvalue weighted by atomic mass is 16.3. The van der Waals surface area contributed by atoms with Gasteiger partial charge in [0.25, 0.3) is 0 Å². The number of rotatable bonds is 6. The van der Waals surface area contributed by atoms with E-state index >= 15 is 0 Å². The van der Waals surface area contributed by atoms with E-state index in [1.807, 2.05) is 25.7 Å². The van der Waals surface area contributed by atoms with Crippen LogP contribution in [0.1, 0.15) is 25.1 Å². The van der Waals surface area contributed by atoms with E-state index in [1.54, 1.807) is 6.92 Å². The van der Waals surface area contributed by atoms with Crippen LogP contribution in [0.5, 0.6) is 0 Å². The van der Waals surface area contributed by atoms with Crippen molar-refractivity contribution < 1.29 is 5.11 Å². The highest BCUT2D eigenvalue weighted by molar-refractivity contribution is 5.49. The summed E-state index contributed by atoms with van der Waals surface area (Å²) in [5.74, 6) is 1.07. The number of hydrogen-bond donors (Lipinski definition) is 2. The van der Waals surface area contributed by atoms with Gasteiger partial charge in [0.1, 0.15) is 5.82 Å². The minimum atomic E-state index is -0.345. The van der Waals surface area contributed by atoms with Crippen LogP contribution in [0, 0.1) is 6.92 Å². The average molecular weight is 240 g/mol. The molecule has 98 valence electrons. The van der Waals surface area contributed by atoms with Gasteiger partial charge >= 0.3 is 0 Å². The van der Waals surface area contributed by atoms with E-state index < -0.39 is 0 Å². The Morgan fingerprint density at radius 2 is 2.18 bits per heavy atom. The molecular formula is C12H24N4O. The molecule has 0 spiro atoms. The highest BCUT2D eigenvalue weighted by Crippen LogP contribution is 2.22. The molecule has 0 aromatic carbocycles. The van der Waals surface area contributed by atoms with Gasteiger partial charge in [-0.15, -0.1) is 0 Å². The molecule has 1 unspecified atom stereocenters. The summed E-state index contributed by atoms with van der Waals surface area (Å²) in [4.78, 5) is 2.05. The van der Waals surface area contributed by atoms with Crippen molar-refractivity contribution in [1.82, 2.24) is 15.1 Å². The number of nitrogens with zero attached hydrogens (tertiary/aromatic N) is 3. The molecule has 0 aliphatic carbocycles. The Morgan fingerprint density at radius 3 is 2.71 bits per heavy atom. The zero-order valence-corrected chi connectivity index (χ0v) is 11.5. The van der Waals surface area contributed by atoms with E-state index in [-0.39, 0.29) is 6.10 Å². The van der Waals surface area contributed by atoms with Crippen LogP contribution in [-0.4, -0.2) is 41.1 Å². The molecule has 0 radical (unpaired) electrons. The molecule has 0 bridgehead atoms. The van der Waals surface area contributed by atoms with Gasteiger partial charge < -0.3 is 15.3 Å². The lowest BCUT2D eigenvalue weighted by Crippen LogP contribution is -2.30. The number of anilines is 1. The quantitative estimate of drug-likeness (QED) is 0.767. The van der Waals surface area contributed by atoms with Crippen molar-refractivity contribution in [2.45, 2.75) is 33.4 Å². The van der Waals surface area contributed by atoms with Crippen molar-refractivity contribution in [2.24, 2.45) is 7.05 Å². The Labute approximate surface area is 103 Å². The van der Waals surface area contributed by atoms with E-state index in [9.17, 15) is 5.11 Å². The average Bonchev–Trinajstić information content (AvgIpc) is 2.49. The molecule has 1 atom stereocenters. The van der Waals surface area contributed by atoms with Crippen molar-refractivity contribution in [3.8, 4) is 0 Å². The Morgan fingerprint density at radius 1 is 1.53 bits per heavy atom. The smallest absolute Gasteiger partial charge is 0.131 e. The summed E-state index contributed by atoms with van der Waals surface area (Å²) in [5, 5.41) is 17.2. The minimum Gasteiger partial charge on any atom is -0.392 e. The molecule has 2 N–H and O–H groups in total. The molecule has 1 aromatic heterocycles. The van der Waals surface area contributed by atoms with Gasteiger partial charge in [-0.3, -0.25) is 4.68 Å². The zero-order valence-electron chi connectivity index (χ0n) is 11.5. The van der Waals surface area contributed by atoms with E-state index in [4.69, 9.17) is 0 Å². The lowest BCUT2D eigenvalue weighted by Gasteiger charge is -2.22. The minimum absolute atomic E-state index is 0.345. The largest absolute Gasteiger partial charge is 0.392 e. The lowest BCUT2D eigenvalue weighted by atomic mass is 10.2. The normalized spacial score (nSPS) is 12.8. The van der Waals surface area contributed by atoms with Gasteiger partial charge in [0.15, 0.2) is 0 Å².